The van der Waals surface area contributed by atoms with E-state index in [1.807, 2.05) is 106 Å². The number of ether oxygens (including phenoxy) is 9. The largest absolute Gasteiger partial charge is 0.493 e. The zero-order chi connectivity index (χ0) is 96.8. The van der Waals surface area contributed by atoms with E-state index in [1.165, 1.54) is 28.2 Å². The minimum Gasteiger partial charge on any atom is -0.493 e. The fourth-order valence-corrected chi connectivity index (χ4v) is 10.8. The van der Waals surface area contributed by atoms with Crippen LogP contribution < -0.4 is 52.0 Å². The number of aryl methyl sites for hydroxylation is 8. The van der Waals surface area contributed by atoms with Gasteiger partial charge in [0.2, 0.25) is 11.8 Å². The van der Waals surface area contributed by atoms with Gasteiger partial charge in [-0.15, -0.1) is 0 Å². The van der Waals surface area contributed by atoms with E-state index < -0.39 is 81.6 Å². The van der Waals surface area contributed by atoms with Crippen LogP contribution in [0.5, 0.6) is 11.5 Å². The first-order valence-electron chi connectivity index (χ1n) is 43.1. The lowest BCUT2D eigenvalue weighted by Gasteiger charge is -2.25. The summed E-state index contributed by atoms with van der Waals surface area (Å²) in [7, 11) is 0. The van der Waals surface area contributed by atoms with E-state index in [4.69, 9.17) is 42.6 Å². The Balaban J connectivity index is 0.000000565. The van der Waals surface area contributed by atoms with Crippen molar-refractivity contribution < 1.29 is 95.4 Å². The molecule has 1 aromatic heterocycles. The second-order valence-electron chi connectivity index (χ2n) is 37.6. The number of alkyl carbamates (subject to hydrolysis) is 6. The summed E-state index contributed by atoms with van der Waals surface area (Å²) >= 11 is 0. The summed E-state index contributed by atoms with van der Waals surface area (Å²) in [6, 6.07) is 25.9. The van der Waals surface area contributed by atoms with Gasteiger partial charge in [0, 0.05) is 61.3 Å². The molecule has 5 aromatic carbocycles. The predicted octanol–water partition coefficient (Wildman–Crippen LogP) is 19.7. The molecule has 30 heteroatoms. The van der Waals surface area contributed by atoms with Gasteiger partial charge in [-0.25, -0.2) is 43.1 Å². The molecule has 7 rings (SSSR count). The van der Waals surface area contributed by atoms with Gasteiger partial charge in [0.1, 0.15) is 69.6 Å². The van der Waals surface area contributed by atoms with Crippen molar-refractivity contribution in [2.24, 2.45) is 0 Å². The van der Waals surface area contributed by atoms with E-state index in [0.717, 1.165) is 53.6 Å². The highest BCUT2D eigenvalue weighted by Gasteiger charge is 2.38. The summed E-state index contributed by atoms with van der Waals surface area (Å²) in [5, 5.41) is 21.4. The number of imidazole rings is 1. The summed E-state index contributed by atoms with van der Waals surface area (Å²) < 4.78 is 49.3. The Kier molecular flexibility index (Phi) is 45.4. The Morgan fingerprint density at radius 2 is 0.685 bits per heavy atom. The molecule has 8 amide bonds. The van der Waals surface area contributed by atoms with Crippen LogP contribution in [0.2, 0.25) is 0 Å². The molecule has 0 aliphatic heterocycles. The highest BCUT2D eigenvalue weighted by molar-refractivity contribution is 6.31. The van der Waals surface area contributed by atoms with Gasteiger partial charge in [-0.05, 0) is 284 Å². The molecule has 0 saturated heterocycles. The van der Waals surface area contributed by atoms with Crippen molar-refractivity contribution in [3.05, 3.63) is 170 Å². The van der Waals surface area contributed by atoms with Gasteiger partial charge in [0.05, 0.1) is 30.0 Å². The van der Waals surface area contributed by atoms with Crippen molar-refractivity contribution in [2.75, 3.05) is 56.6 Å². The molecule has 127 heavy (non-hydrogen) atoms. The van der Waals surface area contributed by atoms with Gasteiger partial charge in [-0.3, -0.25) is 19.2 Å². The number of aromatic nitrogens is 2. The highest BCUT2D eigenvalue weighted by atomic mass is 16.6. The number of amides is 8. The van der Waals surface area contributed by atoms with Crippen molar-refractivity contribution >= 4 is 77.4 Å². The molecule has 1 heterocycles. The standard InChI is InChI=1S/C32H42N2O8.C24H34N4O5.C15H22N2O3.2C9H19NO2.C8H10/c1-19-11-13-21(39-17-9-15-33-29(37)41-31(3,4)5)25-23(19)27(35)26-22(14-12-20(2)24(26)28(25)36)40-18-10-16-34-30(38)42-32(6,7)8;1-15-9-10-16(2)18(11-15)26-20(29)19(27-21(30)32-23(3,4)5)12-17-13-28(14-25-17)22(31)33-24(6,7)8;1-10-6-7-11(2)12(8-10)17-13(18)9-16-14(19)20-15(3,4)5;2*1-5-6-7-10-8(11)12-9(2,3)4;1-7-3-5-8(2)6-4-7/h11-14H,9-10,15-18H2,1-8H3,(H,33,37)(H,34,38);9-11,13-14,19H,12H2,1-8H3,(H,26,29)(H,27,30);6-8H,9H2,1-5H3,(H,16,19)(H,17,18);2*5-7H2,1-4H3,(H,10,11);3-6H,1-2H3. The summed E-state index contributed by atoms with van der Waals surface area (Å²) in [6.07, 6.45) is 4.35. The third kappa shape index (κ3) is 48.0. The van der Waals surface area contributed by atoms with E-state index in [1.54, 1.807) is 142 Å². The molecule has 0 spiro atoms. The minimum atomic E-state index is -0.984. The normalized spacial score (nSPS) is 11.8. The SMILES string of the molecule is CCCCNC(=O)OC(C)(C)C.CCCCNC(=O)OC(C)(C)C.Cc1ccc(C)c(NC(=O)C(Cc2cn(C(=O)OC(C)(C)C)cn2)NC(=O)OC(C)(C)C)c1.Cc1ccc(C)c(NC(=O)CNC(=O)OC(C)(C)C)c1.Cc1ccc(C)cc1.Cc1ccc(OCCCNC(=O)OC(C)(C)C)c2c1C(=O)c1c(OCCCNC(=O)OC(C)(C)C)ccc(C)c1C2=O. The van der Waals surface area contributed by atoms with Crippen molar-refractivity contribution in [2.45, 2.75) is 305 Å². The second-order valence-corrected chi connectivity index (χ2v) is 37.6. The van der Waals surface area contributed by atoms with Gasteiger partial charge in [-0.2, -0.15) is 0 Å². The maximum atomic E-state index is 13.9. The van der Waals surface area contributed by atoms with Crippen LogP contribution in [-0.4, -0.2) is 167 Å². The van der Waals surface area contributed by atoms with Crippen molar-refractivity contribution in [1.82, 2.24) is 41.5 Å². The molecule has 0 radical (unpaired) electrons. The summed E-state index contributed by atoms with van der Waals surface area (Å²) in [5.74, 6) is -0.697. The lowest BCUT2D eigenvalue weighted by Crippen LogP contribution is -2.47. The molecule has 704 valence electrons. The van der Waals surface area contributed by atoms with Crippen LogP contribution in [0.4, 0.5) is 44.9 Å². The zero-order valence-corrected chi connectivity index (χ0v) is 81.3. The van der Waals surface area contributed by atoms with E-state index in [9.17, 15) is 52.7 Å². The van der Waals surface area contributed by atoms with E-state index in [0.29, 0.717) is 84.2 Å². The topological polar surface area (TPSA) is 385 Å². The number of hydrogen-bond acceptors (Lipinski definition) is 21. The quantitative estimate of drug-likeness (QED) is 0.0206. The van der Waals surface area contributed by atoms with Crippen molar-refractivity contribution in [3.63, 3.8) is 0 Å². The maximum Gasteiger partial charge on any atom is 0.419 e. The van der Waals surface area contributed by atoms with E-state index in [-0.39, 0.29) is 67.0 Å². The number of nitrogens with one attached hydrogen (secondary N) is 8. The Bertz CT molecular complexity index is 4440. The number of anilines is 2. The number of ketones is 2. The summed E-state index contributed by atoms with van der Waals surface area (Å²) in [6.45, 7) is 59.6. The summed E-state index contributed by atoms with van der Waals surface area (Å²) in [4.78, 5) is 139. The van der Waals surface area contributed by atoms with E-state index >= 15 is 0 Å². The smallest absolute Gasteiger partial charge is 0.419 e. The molecule has 30 nitrogen and oxygen atoms in total. The third-order valence-electron chi connectivity index (χ3n) is 16.5. The van der Waals surface area contributed by atoms with Gasteiger partial charge in [0.25, 0.3) is 0 Å². The molecular weight excluding hydrogens is 1630 g/mol. The molecule has 1 aliphatic carbocycles. The number of benzene rings is 5. The Morgan fingerprint density at radius 3 is 1.03 bits per heavy atom. The van der Waals surface area contributed by atoms with Crippen LogP contribution in [0.15, 0.2) is 97.5 Å². The molecule has 6 aromatic rings. The number of rotatable bonds is 24. The number of unbranched alkanes of at least 4 members (excludes halogenated alkanes) is 2. The Morgan fingerprint density at radius 1 is 0.370 bits per heavy atom. The Labute approximate surface area is 753 Å². The molecule has 0 bridgehead atoms. The highest BCUT2D eigenvalue weighted by Crippen LogP contribution is 2.40. The molecule has 1 atom stereocenters. The molecule has 1 aliphatic rings. The predicted molar refractivity (Wildman–Crippen MR) is 496 cm³/mol. The number of hydrogen-bond donors (Lipinski definition) is 8. The number of fused-ring (bicyclic) bond motifs is 2. The lowest BCUT2D eigenvalue weighted by atomic mass is 9.79. The van der Waals surface area contributed by atoms with Crippen molar-refractivity contribution in [3.8, 4) is 11.5 Å². The first-order valence-corrected chi connectivity index (χ1v) is 43.1. The number of carbonyl (C=O) groups excluding carboxylic acids is 11. The van der Waals surface area contributed by atoms with Crippen LogP contribution in [0.1, 0.15) is 280 Å². The van der Waals surface area contributed by atoms with Crippen LogP contribution in [0.25, 0.3) is 0 Å². The average molecular weight is 1770 g/mol. The fraction of sp³-hybridized carbons (Fsp3) is 0.546. The van der Waals surface area contributed by atoms with Gasteiger partial charge < -0.3 is 85.2 Å². The monoisotopic (exact) mass is 1770 g/mol. The van der Waals surface area contributed by atoms with Gasteiger partial charge in [0.15, 0.2) is 11.6 Å². The molecule has 0 saturated carbocycles. The van der Waals surface area contributed by atoms with Crippen LogP contribution in [-0.2, 0) is 49.2 Å². The van der Waals surface area contributed by atoms with Crippen LogP contribution in [0.3, 0.4) is 0 Å². The second kappa shape index (κ2) is 51.8. The van der Waals surface area contributed by atoms with Crippen molar-refractivity contribution in [1.29, 1.82) is 0 Å². The van der Waals surface area contributed by atoms with E-state index in [2.05, 4.69) is 99.5 Å². The van der Waals surface area contributed by atoms with Gasteiger partial charge >= 0.3 is 42.7 Å². The van der Waals surface area contributed by atoms with Gasteiger partial charge in [-0.1, -0.05) is 98.5 Å². The van der Waals surface area contributed by atoms with Crippen LogP contribution >= 0.6 is 0 Å². The maximum absolute atomic E-state index is 13.9. The zero-order valence-electron chi connectivity index (χ0n) is 81.3. The molecule has 8 N–H and O–H groups in total. The minimum absolute atomic E-state index is 0.0474. The number of carbonyl (C=O) groups is 11. The first-order chi connectivity index (χ1) is 58.6. The fourth-order valence-electron chi connectivity index (χ4n) is 10.8. The molecule has 1 unspecified atom stereocenters. The lowest BCUT2D eigenvalue weighted by molar-refractivity contribution is -0.118. The molecular formula is C97H146N10O20. The molecule has 0 fully saturated rings. The number of nitrogens with zero attached hydrogens (tertiary/aromatic N) is 2. The van der Waals surface area contributed by atoms with Crippen LogP contribution in [0, 0.1) is 55.4 Å². The Hall–Kier alpha value is -11.7. The first kappa shape index (κ1) is 111. The average Bonchev–Trinajstić information content (AvgIpc) is 0.876. The summed E-state index contributed by atoms with van der Waals surface area (Å²) in [5.41, 5.74) is 6.82. The third-order valence-corrected chi connectivity index (χ3v) is 16.5.